The van der Waals surface area contributed by atoms with Crippen LogP contribution >= 0.6 is 22.6 Å². The van der Waals surface area contributed by atoms with E-state index in [-0.39, 0.29) is 22.4 Å². The van der Waals surface area contributed by atoms with Gasteiger partial charge in [0.25, 0.3) is 0 Å². The molecule has 0 spiro atoms. The maximum atomic E-state index is 4.18. The molecule has 0 fully saturated rings. The van der Waals surface area contributed by atoms with Crippen molar-refractivity contribution in [2.75, 3.05) is 0 Å². The van der Waals surface area contributed by atoms with Gasteiger partial charge in [0.15, 0.2) is 0 Å². The van der Waals surface area contributed by atoms with Crippen molar-refractivity contribution in [3.05, 3.63) is 15.0 Å². The Labute approximate surface area is 109 Å². The zero-order chi connectivity index (χ0) is 9.30. The number of rotatable bonds is 2. The zero-order valence-electron chi connectivity index (χ0n) is 8.23. The number of hydrogen-bond donors (Lipinski definition) is 0. The van der Waals surface area contributed by atoms with Gasteiger partial charge in [-0.25, -0.2) is 0 Å². The van der Waals surface area contributed by atoms with Crippen LogP contribution in [-0.4, -0.2) is 5.10 Å². The smallest absolute Gasteiger partial charge is 0.578 e. The van der Waals surface area contributed by atoms with Crippen LogP contribution in [0, 0.1) is 3.57 Å². The molecule has 0 bridgehead atoms. The van der Waals surface area contributed by atoms with E-state index in [0.717, 1.165) is 11.4 Å². The van der Waals surface area contributed by atoms with Crippen LogP contribution in [0.4, 0.5) is 0 Å². The molecule has 1 heterocycles. The average molecular weight is 385 g/mol. The molecular weight excluding hydrogens is 371 g/mol. The van der Waals surface area contributed by atoms with Gasteiger partial charge in [0.2, 0.25) is 0 Å². The molecule has 2 nitrogen and oxygen atoms in total. The fraction of sp³-hybridized carbons (Fsp3) is 0.667. The molecule has 0 unspecified atom stereocenters. The molecule has 0 aliphatic carbocycles. The van der Waals surface area contributed by atoms with Crippen LogP contribution in [0.5, 0.6) is 0 Å². The maximum Gasteiger partial charge on any atom is 1.00 e. The van der Waals surface area contributed by atoms with Crippen molar-refractivity contribution in [2.45, 2.75) is 39.5 Å². The number of hydrogen-bond acceptors (Lipinski definition) is 1. The number of aromatic nitrogens is 2. The number of halogens is 1. The van der Waals surface area contributed by atoms with E-state index >= 15 is 0 Å². The van der Waals surface area contributed by atoms with Crippen molar-refractivity contribution in [3.8, 4) is 0 Å². The van der Waals surface area contributed by atoms with Crippen LogP contribution in [0.15, 0.2) is 0 Å². The van der Waals surface area contributed by atoms with Crippen molar-refractivity contribution >= 4 is 22.6 Å². The minimum atomic E-state index is 0. The predicted molar refractivity (Wildman–Crippen MR) is 58.5 cm³/mol. The van der Waals surface area contributed by atoms with Gasteiger partial charge in [-0.05, 0) is 34.4 Å². The Kier molecular flexibility index (Phi) is 5.82. The second kappa shape index (κ2) is 5.53. The third kappa shape index (κ3) is 3.08. The molecule has 1 rings (SSSR count). The van der Waals surface area contributed by atoms with Crippen LogP contribution in [0.25, 0.3) is 0 Å². The first kappa shape index (κ1) is 13.7. The summed E-state index contributed by atoms with van der Waals surface area (Å²) < 4.78 is 1.25. The van der Waals surface area contributed by atoms with Crippen LogP contribution in [0.1, 0.15) is 50.9 Å². The monoisotopic (exact) mass is 384 g/mol. The van der Waals surface area contributed by atoms with E-state index in [1.807, 2.05) is 0 Å². The average Bonchev–Trinajstić information content (AvgIpc) is 2.30. The first-order chi connectivity index (χ1) is 5.54. The molecule has 0 aliphatic heterocycles. The van der Waals surface area contributed by atoms with Crippen molar-refractivity contribution in [1.29, 1.82) is 0 Å². The van der Waals surface area contributed by atoms with Gasteiger partial charge in [-0.15, -0.1) is 5.69 Å². The Morgan fingerprint density at radius 1 is 1.15 bits per heavy atom. The molecule has 0 N–H and O–H groups in total. The molecule has 0 saturated heterocycles. The summed E-state index contributed by atoms with van der Waals surface area (Å²) in [5, 5.41) is 8.36. The van der Waals surface area contributed by atoms with E-state index in [2.05, 4.69) is 60.5 Å². The summed E-state index contributed by atoms with van der Waals surface area (Å²) in [6.45, 7) is 8.60. The fourth-order valence-corrected chi connectivity index (χ4v) is 2.53. The summed E-state index contributed by atoms with van der Waals surface area (Å²) in [6, 6.07) is 0. The Morgan fingerprint density at radius 2 is 1.69 bits per heavy atom. The van der Waals surface area contributed by atoms with E-state index in [9.17, 15) is 0 Å². The molecule has 1 aromatic rings. The van der Waals surface area contributed by atoms with Crippen molar-refractivity contribution < 1.29 is 22.4 Å². The first-order valence-corrected chi connectivity index (χ1v) is 5.30. The molecular formula is C9H14AgIN2. The Morgan fingerprint density at radius 3 is 1.92 bits per heavy atom. The van der Waals surface area contributed by atoms with Gasteiger partial charge in [-0.1, -0.05) is 27.7 Å². The van der Waals surface area contributed by atoms with Crippen LogP contribution in [0.2, 0.25) is 0 Å². The molecule has 0 amide bonds. The molecule has 0 radical (unpaired) electrons. The summed E-state index contributed by atoms with van der Waals surface area (Å²) in [5.41, 5.74) is 2.28. The zero-order valence-corrected chi connectivity index (χ0v) is 11.9. The van der Waals surface area contributed by atoms with Crippen molar-refractivity contribution in [1.82, 2.24) is 10.2 Å². The summed E-state index contributed by atoms with van der Waals surface area (Å²) in [4.78, 5) is 0. The molecule has 1 aromatic heterocycles. The maximum absolute atomic E-state index is 4.18. The van der Waals surface area contributed by atoms with Gasteiger partial charge >= 0.3 is 22.4 Å². The molecule has 13 heavy (non-hydrogen) atoms. The van der Waals surface area contributed by atoms with E-state index in [4.69, 9.17) is 0 Å². The second-order valence-electron chi connectivity index (χ2n) is 3.59. The normalized spacial score (nSPS) is 10.7. The van der Waals surface area contributed by atoms with Gasteiger partial charge < -0.3 is 10.2 Å². The van der Waals surface area contributed by atoms with Crippen molar-refractivity contribution in [2.24, 2.45) is 0 Å². The van der Waals surface area contributed by atoms with Gasteiger partial charge in [-0.2, -0.15) is 0 Å². The summed E-state index contributed by atoms with van der Waals surface area (Å²) in [6.07, 6.45) is 0. The fourth-order valence-electron chi connectivity index (χ4n) is 1.06. The quantitative estimate of drug-likeness (QED) is 0.579. The molecule has 78 valence electrons. The summed E-state index contributed by atoms with van der Waals surface area (Å²) in [7, 11) is 0. The van der Waals surface area contributed by atoms with Crippen LogP contribution in [-0.2, 0) is 22.4 Å². The standard InChI is InChI=1S/C9H14IN2.Ag/c1-5(2)8-7(10)9(6(3)4)12-11-8;/h5-6H,1-4H3;/q-1;+1. The predicted octanol–water partition coefficient (Wildman–Crippen LogP) is 2.89. The Balaban J connectivity index is 0.00000144. The van der Waals surface area contributed by atoms with Gasteiger partial charge in [0, 0.05) is 9.26 Å². The van der Waals surface area contributed by atoms with E-state index in [1.54, 1.807) is 0 Å². The topological polar surface area (TPSA) is 27.0 Å². The third-order valence-corrected chi connectivity index (χ3v) is 2.91. The molecule has 4 heteroatoms. The van der Waals surface area contributed by atoms with Gasteiger partial charge in [-0.3, -0.25) is 0 Å². The minimum absolute atomic E-state index is 0. The minimum Gasteiger partial charge on any atom is -0.578 e. The van der Waals surface area contributed by atoms with Gasteiger partial charge in [0.1, 0.15) is 0 Å². The van der Waals surface area contributed by atoms with Crippen molar-refractivity contribution in [3.63, 3.8) is 0 Å². The first-order valence-electron chi connectivity index (χ1n) is 4.22. The molecule has 0 atom stereocenters. The van der Waals surface area contributed by atoms with E-state index in [1.165, 1.54) is 3.57 Å². The molecule has 0 aliphatic rings. The van der Waals surface area contributed by atoms with Gasteiger partial charge in [0.05, 0.1) is 0 Å². The second-order valence-corrected chi connectivity index (χ2v) is 4.67. The summed E-state index contributed by atoms with van der Waals surface area (Å²) >= 11 is 2.34. The Hall–Kier alpha value is 0.680. The molecule has 0 saturated carbocycles. The van der Waals surface area contributed by atoms with E-state index in [0.29, 0.717) is 11.8 Å². The number of nitrogens with zero attached hydrogens (tertiary/aromatic N) is 2. The molecule has 0 aromatic carbocycles. The summed E-state index contributed by atoms with van der Waals surface area (Å²) in [5.74, 6) is 0.966. The largest absolute Gasteiger partial charge is 1.00 e. The Bertz CT molecular complexity index is 243. The third-order valence-electron chi connectivity index (χ3n) is 1.81. The SMILES string of the molecule is CC(C)c1n[n-]c(C(C)C)c1I.[Ag+]. The van der Waals surface area contributed by atoms with E-state index < -0.39 is 0 Å². The van der Waals surface area contributed by atoms with Crippen LogP contribution in [0.3, 0.4) is 0 Å². The van der Waals surface area contributed by atoms with Crippen LogP contribution < -0.4 is 5.10 Å².